The number of anilines is 2. The predicted octanol–water partition coefficient (Wildman–Crippen LogP) is 4.84. The average molecular weight is 361 g/mol. The lowest BCUT2D eigenvalue weighted by Gasteiger charge is -2.29. The molecule has 0 unspecified atom stereocenters. The van der Waals surface area contributed by atoms with E-state index in [2.05, 4.69) is 96.3 Å². The van der Waals surface area contributed by atoms with Gasteiger partial charge in [0, 0.05) is 32.2 Å². The van der Waals surface area contributed by atoms with Crippen LogP contribution in [0.25, 0.3) is 0 Å². The SMILES string of the molecule is Cc1nc(N(C)Cc2ccccc2)cc(N(Cc2ccccc2)C(C)C)n1. The van der Waals surface area contributed by atoms with Gasteiger partial charge in [-0.25, -0.2) is 9.97 Å². The number of aryl methyl sites for hydroxylation is 1. The molecule has 0 atom stereocenters. The van der Waals surface area contributed by atoms with Gasteiger partial charge in [-0.15, -0.1) is 0 Å². The molecule has 0 N–H and O–H groups in total. The molecule has 27 heavy (non-hydrogen) atoms. The summed E-state index contributed by atoms with van der Waals surface area (Å²) in [4.78, 5) is 13.9. The molecule has 3 aromatic rings. The monoisotopic (exact) mass is 360 g/mol. The summed E-state index contributed by atoms with van der Waals surface area (Å²) in [7, 11) is 2.08. The van der Waals surface area contributed by atoms with E-state index in [-0.39, 0.29) is 0 Å². The molecule has 2 aromatic carbocycles. The molecule has 0 spiro atoms. The Hall–Kier alpha value is -2.88. The molecule has 0 saturated carbocycles. The van der Waals surface area contributed by atoms with Gasteiger partial charge in [0.05, 0.1) is 0 Å². The van der Waals surface area contributed by atoms with Crippen LogP contribution in [-0.2, 0) is 13.1 Å². The highest BCUT2D eigenvalue weighted by Crippen LogP contribution is 2.23. The zero-order valence-corrected chi connectivity index (χ0v) is 16.6. The number of aromatic nitrogens is 2. The van der Waals surface area contributed by atoms with Gasteiger partial charge in [0.1, 0.15) is 17.5 Å². The third-order valence-corrected chi connectivity index (χ3v) is 4.58. The summed E-state index contributed by atoms with van der Waals surface area (Å²) < 4.78 is 0. The zero-order valence-electron chi connectivity index (χ0n) is 16.6. The van der Waals surface area contributed by atoms with Crippen LogP contribution in [0.2, 0.25) is 0 Å². The van der Waals surface area contributed by atoms with Gasteiger partial charge in [0.15, 0.2) is 0 Å². The topological polar surface area (TPSA) is 32.3 Å². The molecule has 140 valence electrons. The fourth-order valence-corrected chi connectivity index (χ4v) is 3.13. The van der Waals surface area contributed by atoms with Crippen molar-refractivity contribution in [2.75, 3.05) is 16.8 Å². The van der Waals surface area contributed by atoms with E-state index in [9.17, 15) is 0 Å². The first kappa shape index (κ1) is 18.9. The van der Waals surface area contributed by atoms with E-state index in [0.29, 0.717) is 6.04 Å². The number of benzene rings is 2. The maximum absolute atomic E-state index is 4.73. The summed E-state index contributed by atoms with van der Waals surface area (Å²) in [5, 5.41) is 0. The van der Waals surface area contributed by atoms with E-state index in [0.717, 1.165) is 30.5 Å². The summed E-state index contributed by atoms with van der Waals surface area (Å²) in [6.07, 6.45) is 0. The zero-order chi connectivity index (χ0) is 19.2. The van der Waals surface area contributed by atoms with Crippen LogP contribution < -0.4 is 9.80 Å². The normalized spacial score (nSPS) is 10.9. The van der Waals surface area contributed by atoms with E-state index >= 15 is 0 Å². The van der Waals surface area contributed by atoms with Crippen LogP contribution in [0.4, 0.5) is 11.6 Å². The third-order valence-electron chi connectivity index (χ3n) is 4.58. The van der Waals surface area contributed by atoms with Crippen molar-refractivity contribution in [2.24, 2.45) is 0 Å². The van der Waals surface area contributed by atoms with E-state index in [1.165, 1.54) is 11.1 Å². The lowest BCUT2D eigenvalue weighted by atomic mass is 10.2. The summed E-state index contributed by atoms with van der Waals surface area (Å²) in [5.41, 5.74) is 2.55. The van der Waals surface area contributed by atoms with Crippen molar-refractivity contribution in [3.05, 3.63) is 83.7 Å². The van der Waals surface area contributed by atoms with E-state index in [4.69, 9.17) is 4.98 Å². The van der Waals surface area contributed by atoms with Crippen molar-refractivity contribution < 1.29 is 0 Å². The minimum absolute atomic E-state index is 0.340. The fourth-order valence-electron chi connectivity index (χ4n) is 3.13. The first-order valence-electron chi connectivity index (χ1n) is 9.44. The molecule has 0 aliphatic rings. The van der Waals surface area contributed by atoms with Crippen LogP contribution in [0.15, 0.2) is 66.7 Å². The first-order valence-corrected chi connectivity index (χ1v) is 9.44. The second-order valence-electron chi connectivity index (χ2n) is 7.18. The molecule has 4 heteroatoms. The van der Waals surface area contributed by atoms with Gasteiger partial charge in [-0.05, 0) is 31.9 Å². The van der Waals surface area contributed by atoms with E-state index in [1.54, 1.807) is 0 Å². The highest BCUT2D eigenvalue weighted by molar-refractivity contribution is 5.52. The Morgan fingerprint density at radius 3 is 1.85 bits per heavy atom. The molecule has 0 amide bonds. The molecule has 4 nitrogen and oxygen atoms in total. The molecule has 0 fully saturated rings. The number of nitrogens with zero attached hydrogens (tertiary/aromatic N) is 4. The molecule has 1 heterocycles. The van der Waals surface area contributed by atoms with Gasteiger partial charge in [0.2, 0.25) is 0 Å². The average Bonchev–Trinajstić information content (AvgIpc) is 2.67. The predicted molar refractivity (Wildman–Crippen MR) is 113 cm³/mol. The van der Waals surface area contributed by atoms with Crippen LogP contribution in [0.1, 0.15) is 30.8 Å². The van der Waals surface area contributed by atoms with Gasteiger partial charge >= 0.3 is 0 Å². The lowest BCUT2D eigenvalue weighted by molar-refractivity contribution is 0.668. The fraction of sp³-hybridized carbons (Fsp3) is 0.304. The smallest absolute Gasteiger partial charge is 0.134 e. The second kappa shape index (κ2) is 8.67. The number of hydrogen-bond acceptors (Lipinski definition) is 4. The lowest BCUT2D eigenvalue weighted by Crippen LogP contribution is -2.31. The van der Waals surface area contributed by atoms with Crippen LogP contribution in [0, 0.1) is 6.92 Å². The second-order valence-corrected chi connectivity index (χ2v) is 7.18. The van der Waals surface area contributed by atoms with Crippen LogP contribution in [0.3, 0.4) is 0 Å². The molecular weight excluding hydrogens is 332 g/mol. The summed E-state index contributed by atoms with van der Waals surface area (Å²) in [5.74, 6) is 2.71. The van der Waals surface area contributed by atoms with Crippen LogP contribution >= 0.6 is 0 Å². The maximum atomic E-state index is 4.73. The van der Waals surface area contributed by atoms with Crippen molar-refractivity contribution in [3.8, 4) is 0 Å². The van der Waals surface area contributed by atoms with Gasteiger partial charge in [-0.3, -0.25) is 0 Å². The molecule has 0 bridgehead atoms. The molecule has 1 aromatic heterocycles. The minimum Gasteiger partial charge on any atom is -0.355 e. The van der Waals surface area contributed by atoms with Gasteiger partial charge in [-0.1, -0.05) is 60.7 Å². The van der Waals surface area contributed by atoms with Crippen molar-refractivity contribution in [3.63, 3.8) is 0 Å². The molecule has 3 rings (SSSR count). The standard InChI is InChI=1S/C23H28N4/c1-18(2)27(17-21-13-9-6-10-14-21)23-15-22(24-19(3)25-23)26(4)16-20-11-7-5-8-12-20/h5-15,18H,16-17H2,1-4H3. The largest absolute Gasteiger partial charge is 0.355 e. The van der Waals surface area contributed by atoms with Crippen LogP contribution in [-0.4, -0.2) is 23.1 Å². The Kier molecular flexibility index (Phi) is 6.07. The van der Waals surface area contributed by atoms with Gasteiger partial charge in [-0.2, -0.15) is 0 Å². The minimum atomic E-state index is 0.340. The van der Waals surface area contributed by atoms with Crippen molar-refractivity contribution in [1.29, 1.82) is 0 Å². The summed E-state index contributed by atoms with van der Waals surface area (Å²) >= 11 is 0. The third kappa shape index (κ3) is 5.07. The van der Waals surface area contributed by atoms with E-state index < -0.39 is 0 Å². The van der Waals surface area contributed by atoms with Gasteiger partial charge in [0.25, 0.3) is 0 Å². The Morgan fingerprint density at radius 1 is 0.778 bits per heavy atom. The number of rotatable bonds is 7. The molecule has 0 aliphatic carbocycles. The molecular formula is C23H28N4. The quantitative estimate of drug-likeness (QED) is 0.604. The first-order chi connectivity index (χ1) is 13.0. The number of hydrogen-bond donors (Lipinski definition) is 0. The van der Waals surface area contributed by atoms with Crippen molar-refractivity contribution in [2.45, 2.75) is 39.9 Å². The molecule has 0 saturated heterocycles. The van der Waals surface area contributed by atoms with Crippen molar-refractivity contribution in [1.82, 2.24) is 9.97 Å². The molecule has 0 aliphatic heterocycles. The Labute approximate surface area is 162 Å². The highest BCUT2D eigenvalue weighted by atomic mass is 15.2. The summed E-state index contributed by atoms with van der Waals surface area (Å²) in [6.45, 7) is 8.01. The Bertz CT molecular complexity index is 847. The van der Waals surface area contributed by atoms with E-state index in [1.807, 2.05) is 13.0 Å². The molecule has 0 radical (unpaired) electrons. The Morgan fingerprint density at radius 2 is 1.30 bits per heavy atom. The van der Waals surface area contributed by atoms with Crippen LogP contribution in [0.5, 0.6) is 0 Å². The van der Waals surface area contributed by atoms with Gasteiger partial charge < -0.3 is 9.80 Å². The maximum Gasteiger partial charge on any atom is 0.134 e. The Balaban J connectivity index is 1.86. The highest BCUT2D eigenvalue weighted by Gasteiger charge is 2.16. The summed E-state index contributed by atoms with van der Waals surface area (Å²) in [6, 6.07) is 23.4. The van der Waals surface area contributed by atoms with Crippen molar-refractivity contribution >= 4 is 11.6 Å².